The van der Waals surface area contributed by atoms with E-state index in [4.69, 9.17) is 4.74 Å². The van der Waals surface area contributed by atoms with Gasteiger partial charge in [0.05, 0.1) is 6.61 Å². The molecule has 0 spiro atoms. The summed E-state index contributed by atoms with van der Waals surface area (Å²) in [4.78, 5) is 23.6. The Hall–Kier alpha value is -1.64. The maximum Gasteiger partial charge on any atom is 0.319 e. The van der Waals surface area contributed by atoms with Gasteiger partial charge in [0, 0.05) is 0 Å². The van der Waals surface area contributed by atoms with Crippen molar-refractivity contribution < 1.29 is 14.3 Å². The first-order valence-corrected chi connectivity index (χ1v) is 5.73. The van der Waals surface area contributed by atoms with Crippen molar-refractivity contribution in [1.82, 2.24) is 0 Å². The van der Waals surface area contributed by atoms with Crippen LogP contribution in [-0.4, -0.2) is 18.4 Å². The number of ketones is 1. The zero-order valence-corrected chi connectivity index (χ0v) is 10.5. The van der Waals surface area contributed by atoms with Crippen molar-refractivity contribution >= 4 is 11.8 Å². The molecule has 0 unspecified atom stereocenters. The first-order valence-electron chi connectivity index (χ1n) is 5.73. The average Bonchev–Trinajstić information content (AvgIpc) is 2.30. The third kappa shape index (κ3) is 3.16. The molecule has 1 rings (SSSR count). The number of esters is 1. The van der Waals surface area contributed by atoms with Crippen LogP contribution in [0.4, 0.5) is 0 Å². The fourth-order valence-corrected chi connectivity index (χ4v) is 1.63. The van der Waals surface area contributed by atoms with Gasteiger partial charge in [0.25, 0.3) is 0 Å². The Morgan fingerprint density at radius 3 is 2.29 bits per heavy atom. The Labute approximate surface area is 102 Å². The fraction of sp³-hybridized carbons (Fsp3) is 0.429. The molecule has 0 bridgehead atoms. The second-order valence-corrected chi connectivity index (χ2v) is 4.27. The van der Waals surface area contributed by atoms with Gasteiger partial charge >= 0.3 is 5.97 Å². The third-order valence-corrected chi connectivity index (χ3v) is 2.90. The Bertz CT molecular complexity index is 397. The van der Waals surface area contributed by atoms with Crippen LogP contribution in [0.2, 0.25) is 0 Å². The number of Topliss-reactive ketones (excluding diaryl/α,β-unsaturated/α-hetero) is 1. The monoisotopic (exact) mass is 234 g/mol. The van der Waals surface area contributed by atoms with Crippen LogP contribution in [0, 0.1) is 5.41 Å². The summed E-state index contributed by atoms with van der Waals surface area (Å²) in [5, 5.41) is 0. The molecular weight excluding hydrogens is 216 g/mol. The lowest BCUT2D eigenvalue weighted by atomic mass is 9.80. The first-order chi connectivity index (χ1) is 8.00. The number of carbonyl (C=O) groups excluding carboxylic acids is 2. The van der Waals surface area contributed by atoms with Gasteiger partial charge in [-0.1, -0.05) is 30.3 Å². The summed E-state index contributed by atoms with van der Waals surface area (Å²) in [5.41, 5.74) is -0.129. The minimum absolute atomic E-state index is 0.167. The standard InChI is InChI=1S/C14H18O3/c1-4-17-13(16)14(3,11(2)15)10-12-8-6-5-7-9-12/h5-9H,4,10H2,1-3H3/t14-/m1/s1. The van der Waals surface area contributed by atoms with E-state index in [1.807, 2.05) is 30.3 Å². The number of carbonyl (C=O) groups is 2. The van der Waals surface area contributed by atoms with E-state index in [0.717, 1.165) is 5.56 Å². The van der Waals surface area contributed by atoms with E-state index in [1.54, 1.807) is 13.8 Å². The lowest BCUT2D eigenvalue weighted by molar-refractivity contribution is -0.158. The molecule has 1 aromatic rings. The number of benzene rings is 1. The van der Waals surface area contributed by atoms with Gasteiger partial charge in [0.2, 0.25) is 0 Å². The maximum absolute atomic E-state index is 11.9. The molecule has 17 heavy (non-hydrogen) atoms. The van der Waals surface area contributed by atoms with E-state index in [9.17, 15) is 9.59 Å². The summed E-state index contributed by atoms with van der Waals surface area (Å²) in [7, 11) is 0. The fourth-order valence-electron chi connectivity index (χ4n) is 1.63. The second-order valence-electron chi connectivity index (χ2n) is 4.27. The van der Waals surface area contributed by atoms with Gasteiger partial charge in [-0.15, -0.1) is 0 Å². The van der Waals surface area contributed by atoms with E-state index in [-0.39, 0.29) is 12.4 Å². The van der Waals surface area contributed by atoms with Crippen LogP contribution < -0.4 is 0 Å². The molecule has 0 aromatic heterocycles. The van der Waals surface area contributed by atoms with E-state index in [1.165, 1.54) is 6.92 Å². The topological polar surface area (TPSA) is 43.4 Å². The van der Waals surface area contributed by atoms with Crippen LogP contribution in [0.3, 0.4) is 0 Å². The summed E-state index contributed by atoms with van der Waals surface area (Å²) < 4.78 is 4.98. The van der Waals surface area contributed by atoms with Gasteiger partial charge in [0.1, 0.15) is 11.2 Å². The Morgan fingerprint density at radius 2 is 1.82 bits per heavy atom. The van der Waals surface area contributed by atoms with Gasteiger partial charge in [-0.2, -0.15) is 0 Å². The van der Waals surface area contributed by atoms with Gasteiger partial charge in [0.15, 0.2) is 0 Å². The lowest BCUT2D eigenvalue weighted by Gasteiger charge is -2.24. The molecule has 0 aliphatic heterocycles. The van der Waals surface area contributed by atoms with Crippen molar-refractivity contribution in [3.63, 3.8) is 0 Å². The molecule has 0 aliphatic carbocycles. The van der Waals surface area contributed by atoms with Gasteiger partial charge < -0.3 is 4.74 Å². The smallest absolute Gasteiger partial charge is 0.319 e. The molecule has 0 aliphatic rings. The quantitative estimate of drug-likeness (QED) is 0.580. The Kier molecular flexibility index (Phi) is 4.44. The highest BCUT2D eigenvalue weighted by atomic mass is 16.5. The third-order valence-electron chi connectivity index (χ3n) is 2.90. The molecule has 0 saturated heterocycles. The molecule has 1 aromatic carbocycles. The molecule has 0 radical (unpaired) electrons. The number of hydrogen-bond acceptors (Lipinski definition) is 3. The lowest BCUT2D eigenvalue weighted by Crippen LogP contribution is -2.38. The zero-order chi connectivity index (χ0) is 12.9. The summed E-state index contributed by atoms with van der Waals surface area (Å²) in [6, 6.07) is 9.49. The predicted octanol–water partition coefficient (Wildman–Crippen LogP) is 2.39. The summed E-state index contributed by atoms with van der Waals surface area (Å²) in [5.74, 6) is -0.615. The molecule has 3 nitrogen and oxygen atoms in total. The molecule has 0 amide bonds. The molecule has 0 saturated carbocycles. The number of ether oxygens (including phenoxy) is 1. The predicted molar refractivity (Wildman–Crippen MR) is 65.6 cm³/mol. The van der Waals surface area contributed by atoms with E-state index in [2.05, 4.69) is 0 Å². The van der Waals surface area contributed by atoms with Gasteiger partial charge in [-0.25, -0.2) is 0 Å². The normalized spacial score (nSPS) is 13.8. The molecule has 0 heterocycles. The van der Waals surface area contributed by atoms with Crippen LogP contribution in [0.15, 0.2) is 30.3 Å². The molecule has 3 heteroatoms. The van der Waals surface area contributed by atoms with Crippen molar-refractivity contribution in [3.8, 4) is 0 Å². The van der Waals surface area contributed by atoms with Crippen molar-refractivity contribution in [2.75, 3.05) is 6.61 Å². The molecule has 92 valence electrons. The molecule has 0 fully saturated rings. The first kappa shape index (κ1) is 13.4. The maximum atomic E-state index is 11.9. The minimum Gasteiger partial charge on any atom is -0.465 e. The van der Waals surface area contributed by atoms with E-state index < -0.39 is 11.4 Å². The average molecular weight is 234 g/mol. The molecule has 0 N–H and O–H groups in total. The highest BCUT2D eigenvalue weighted by molar-refractivity contribution is 6.02. The Balaban J connectivity index is 2.93. The van der Waals surface area contributed by atoms with Crippen molar-refractivity contribution in [1.29, 1.82) is 0 Å². The second kappa shape index (κ2) is 5.62. The van der Waals surface area contributed by atoms with Crippen LogP contribution >= 0.6 is 0 Å². The molecule has 1 atom stereocenters. The largest absolute Gasteiger partial charge is 0.465 e. The highest BCUT2D eigenvalue weighted by Crippen LogP contribution is 2.25. The van der Waals surface area contributed by atoms with E-state index >= 15 is 0 Å². The van der Waals surface area contributed by atoms with Crippen molar-refractivity contribution in [2.45, 2.75) is 27.2 Å². The summed E-state index contributed by atoms with van der Waals surface area (Å²) >= 11 is 0. The van der Waals surface area contributed by atoms with Crippen molar-refractivity contribution in [2.24, 2.45) is 5.41 Å². The van der Waals surface area contributed by atoms with Crippen molar-refractivity contribution in [3.05, 3.63) is 35.9 Å². The van der Waals surface area contributed by atoms with Gasteiger partial charge in [-0.3, -0.25) is 9.59 Å². The number of hydrogen-bond donors (Lipinski definition) is 0. The van der Waals surface area contributed by atoms with Crippen LogP contribution in [0.25, 0.3) is 0 Å². The Morgan fingerprint density at radius 1 is 1.24 bits per heavy atom. The zero-order valence-electron chi connectivity index (χ0n) is 10.5. The van der Waals surface area contributed by atoms with Crippen LogP contribution in [0.5, 0.6) is 0 Å². The van der Waals surface area contributed by atoms with E-state index in [0.29, 0.717) is 6.42 Å². The van der Waals surface area contributed by atoms with Crippen LogP contribution in [0.1, 0.15) is 26.3 Å². The minimum atomic E-state index is -1.09. The SMILES string of the molecule is CCOC(=O)[C@](C)(Cc1ccccc1)C(C)=O. The summed E-state index contributed by atoms with van der Waals surface area (Å²) in [6.07, 6.45) is 0.377. The van der Waals surface area contributed by atoms with Gasteiger partial charge in [-0.05, 0) is 32.8 Å². The number of rotatable bonds is 5. The molecular formula is C14H18O3. The highest BCUT2D eigenvalue weighted by Gasteiger charge is 2.39. The summed E-state index contributed by atoms with van der Waals surface area (Å²) in [6.45, 7) is 5.09. The van der Waals surface area contributed by atoms with Crippen LogP contribution in [-0.2, 0) is 20.7 Å².